The van der Waals surface area contributed by atoms with E-state index in [1.54, 1.807) is 18.9 Å². The third kappa shape index (κ3) is 3.15. The Balaban J connectivity index is 2.06. The van der Waals surface area contributed by atoms with Crippen molar-refractivity contribution in [3.8, 4) is 5.75 Å². The molecule has 0 spiro atoms. The maximum atomic E-state index is 9.49. The standard InChI is InChI=1S/C13H19NO2S/c1-16-12-7-10(3-4-13(12)17-2)8-14-6-5-11(15)9-14/h3-4,7,11,15H,5-6,8-9H2,1-2H3/t11-/m0/s1. The Morgan fingerprint density at radius 2 is 2.35 bits per heavy atom. The van der Waals surface area contributed by atoms with Crippen LogP contribution in [0.15, 0.2) is 23.1 Å². The fourth-order valence-corrected chi connectivity index (χ4v) is 2.74. The van der Waals surface area contributed by atoms with Gasteiger partial charge in [0.2, 0.25) is 0 Å². The van der Waals surface area contributed by atoms with Crippen LogP contribution in [-0.4, -0.2) is 42.6 Å². The van der Waals surface area contributed by atoms with Crippen molar-refractivity contribution in [1.82, 2.24) is 4.90 Å². The van der Waals surface area contributed by atoms with Gasteiger partial charge < -0.3 is 9.84 Å². The summed E-state index contributed by atoms with van der Waals surface area (Å²) in [7, 11) is 1.71. The largest absolute Gasteiger partial charge is 0.496 e. The smallest absolute Gasteiger partial charge is 0.132 e. The van der Waals surface area contributed by atoms with Gasteiger partial charge in [0, 0.05) is 24.5 Å². The molecule has 4 heteroatoms. The van der Waals surface area contributed by atoms with Gasteiger partial charge in [0.05, 0.1) is 13.2 Å². The zero-order valence-corrected chi connectivity index (χ0v) is 11.2. The van der Waals surface area contributed by atoms with Crippen LogP contribution in [0, 0.1) is 0 Å². The number of aliphatic hydroxyl groups is 1. The van der Waals surface area contributed by atoms with Gasteiger partial charge in [0.15, 0.2) is 0 Å². The molecule has 1 N–H and O–H groups in total. The SMILES string of the molecule is COc1cc(CN2CC[C@H](O)C2)ccc1SC. The molecule has 0 unspecified atom stereocenters. The Morgan fingerprint density at radius 1 is 1.53 bits per heavy atom. The molecule has 0 aliphatic carbocycles. The molecule has 0 saturated carbocycles. The van der Waals surface area contributed by atoms with Crippen molar-refractivity contribution < 1.29 is 9.84 Å². The summed E-state index contributed by atoms with van der Waals surface area (Å²) in [6, 6.07) is 6.33. The van der Waals surface area contributed by atoms with Crippen molar-refractivity contribution in [2.75, 3.05) is 26.5 Å². The van der Waals surface area contributed by atoms with Crippen LogP contribution in [0.4, 0.5) is 0 Å². The number of ether oxygens (including phenoxy) is 1. The maximum Gasteiger partial charge on any atom is 0.132 e. The second kappa shape index (κ2) is 5.76. The number of β-amino-alcohol motifs (C(OH)–C–C–N with tert-alkyl or cyclic N) is 1. The van der Waals surface area contributed by atoms with E-state index in [4.69, 9.17) is 4.74 Å². The zero-order valence-electron chi connectivity index (χ0n) is 10.3. The van der Waals surface area contributed by atoms with Gasteiger partial charge in [-0.25, -0.2) is 0 Å². The van der Waals surface area contributed by atoms with Gasteiger partial charge in [0.1, 0.15) is 5.75 Å². The van der Waals surface area contributed by atoms with E-state index < -0.39 is 0 Å². The van der Waals surface area contributed by atoms with Crippen LogP contribution in [0.3, 0.4) is 0 Å². The van der Waals surface area contributed by atoms with E-state index in [0.29, 0.717) is 0 Å². The molecule has 1 saturated heterocycles. The van der Waals surface area contributed by atoms with E-state index in [9.17, 15) is 5.11 Å². The number of rotatable bonds is 4. The Labute approximate surface area is 107 Å². The molecule has 3 nitrogen and oxygen atoms in total. The topological polar surface area (TPSA) is 32.7 Å². The second-order valence-corrected chi connectivity index (χ2v) is 5.22. The van der Waals surface area contributed by atoms with E-state index in [1.165, 1.54) is 5.56 Å². The van der Waals surface area contributed by atoms with Crippen LogP contribution >= 0.6 is 11.8 Å². The molecule has 1 fully saturated rings. The van der Waals surface area contributed by atoms with E-state index >= 15 is 0 Å². The van der Waals surface area contributed by atoms with Crippen LogP contribution in [0.25, 0.3) is 0 Å². The molecule has 0 radical (unpaired) electrons. The minimum atomic E-state index is -0.151. The first-order valence-electron chi connectivity index (χ1n) is 5.84. The van der Waals surface area contributed by atoms with Gasteiger partial charge in [-0.3, -0.25) is 4.90 Å². The highest BCUT2D eigenvalue weighted by Crippen LogP contribution is 2.29. The monoisotopic (exact) mass is 253 g/mol. The number of thioether (sulfide) groups is 1. The fourth-order valence-electron chi connectivity index (χ4n) is 2.19. The van der Waals surface area contributed by atoms with Crippen LogP contribution < -0.4 is 4.74 Å². The minimum absolute atomic E-state index is 0.151. The zero-order chi connectivity index (χ0) is 12.3. The molecule has 1 atom stereocenters. The third-order valence-corrected chi connectivity index (χ3v) is 3.88. The lowest BCUT2D eigenvalue weighted by atomic mass is 10.2. The average molecular weight is 253 g/mol. The molecular weight excluding hydrogens is 234 g/mol. The molecule has 0 bridgehead atoms. The average Bonchev–Trinajstić information content (AvgIpc) is 2.74. The van der Waals surface area contributed by atoms with E-state index in [-0.39, 0.29) is 6.10 Å². The molecule has 17 heavy (non-hydrogen) atoms. The number of likely N-dealkylation sites (tertiary alicyclic amines) is 1. The molecule has 1 aliphatic rings. The highest BCUT2D eigenvalue weighted by Gasteiger charge is 2.20. The van der Waals surface area contributed by atoms with Gasteiger partial charge in [-0.1, -0.05) is 6.07 Å². The van der Waals surface area contributed by atoms with Gasteiger partial charge >= 0.3 is 0 Å². The van der Waals surface area contributed by atoms with Gasteiger partial charge in [0.25, 0.3) is 0 Å². The van der Waals surface area contributed by atoms with Crippen molar-refractivity contribution >= 4 is 11.8 Å². The normalized spacial score (nSPS) is 20.8. The van der Waals surface area contributed by atoms with Crippen LogP contribution in [0.2, 0.25) is 0 Å². The molecule has 1 heterocycles. The second-order valence-electron chi connectivity index (χ2n) is 4.37. The lowest BCUT2D eigenvalue weighted by Crippen LogP contribution is -2.21. The minimum Gasteiger partial charge on any atom is -0.496 e. The molecule has 94 valence electrons. The molecule has 1 aromatic carbocycles. The number of nitrogens with zero attached hydrogens (tertiary/aromatic N) is 1. The van der Waals surface area contributed by atoms with Gasteiger partial charge in [-0.2, -0.15) is 0 Å². The summed E-state index contributed by atoms with van der Waals surface area (Å²) in [6.07, 6.45) is 2.79. The Bertz CT molecular complexity index is 384. The summed E-state index contributed by atoms with van der Waals surface area (Å²) in [5.74, 6) is 0.940. The number of benzene rings is 1. The maximum absolute atomic E-state index is 9.49. The summed E-state index contributed by atoms with van der Waals surface area (Å²) < 4.78 is 5.37. The highest BCUT2D eigenvalue weighted by molar-refractivity contribution is 7.98. The Kier molecular flexibility index (Phi) is 4.31. The molecule has 1 aliphatic heterocycles. The van der Waals surface area contributed by atoms with Gasteiger partial charge in [-0.05, 0) is 30.4 Å². The predicted molar refractivity (Wildman–Crippen MR) is 70.7 cm³/mol. The first-order chi connectivity index (χ1) is 8.22. The van der Waals surface area contributed by atoms with E-state index in [0.717, 1.165) is 36.7 Å². The Hall–Kier alpha value is -0.710. The van der Waals surface area contributed by atoms with Gasteiger partial charge in [-0.15, -0.1) is 11.8 Å². The number of hydrogen-bond acceptors (Lipinski definition) is 4. The number of methoxy groups -OCH3 is 1. The summed E-state index contributed by atoms with van der Waals surface area (Å²) >= 11 is 1.69. The first-order valence-corrected chi connectivity index (χ1v) is 7.06. The van der Waals surface area contributed by atoms with Crippen molar-refractivity contribution in [2.24, 2.45) is 0 Å². The van der Waals surface area contributed by atoms with Crippen molar-refractivity contribution in [2.45, 2.75) is 24.0 Å². The number of aliphatic hydroxyl groups excluding tert-OH is 1. The van der Waals surface area contributed by atoms with Crippen molar-refractivity contribution in [3.05, 3.63) is 23.8 Å². The third-order valence-electron chi connectivity index (χ3n) is 3.10. The lowest BCUT2D eigenvalue weighted by molar-refractivity contribution is 0.175. The van der Waals surface area contributed by atoms with Crippen LogP contribution in [-0.2, 0) is 6.54 Å². The molecule has 0 aromatic heterocycles. The lowest BCUT2D eigenvalue weighted by Gasteiger charge is -2.16. The van der Waals surface area contributed by atoms with Crippen molar-refractivity contribution in [1.29, 1.82) is 0 Å². The summed E-state index contributed by atoms with van der Waals surface area (Å²) in [4.78, 5) is 3.44. The first kappa shape index (κ1) is 12.7. The van der Waals surface area contributed by atoms with Crippen molar-refractivity contribution in [3.63, 3.8) is 0 Å². The predicted octanol–water partition coefficient (Wildman–Crippen LogP) is 1.98. The highest BCUT2D eigenvalue weighted by atomic mass is 32.2. The molecule has 2 rings (SSSR count). The summed E-state index contributed by atoms with van der Waals surface area (Å²) in [5, 5.41) is 9.49. The number of hydrogen-bond donors (Lipinski definition) is 1. The van der Waals surface area contributed by atoms with E-state index in [1.807, 2.05) is 6.26 Å². The quantitative estimate of drug-likeness (QED) is 0.832. The molecular formula is C13H19NO2S. The fraction of sp³-hybridized carbons (Fsp3) is 0.538. The molecule has 1 aromatic rings. The molecule has 0 amide bonds. The Morgan fingerprint density at radius 3 is 2.94 bits per heavy atom. The van der Waals surface area contributed by atoms with Crippen LogP contribution in [0.5, 0.6) is 5.75 Å². The van der Waals surface area contributed by atoms with Crippen LogP contribution in [0.1, 0.15) is 12.0 Å². The summed E-state index contributed by atoms with van der Waals surface area (Å²) in [6.45, 7) is 2.66. The summed E-state index contributed by atoms with van der Waals surface area (Å²) in [5.41, 5.74) is 1.24. The van der Waals surface area contributed by atoms with E-state index in [2.05, 4.69) is 23.1 Å².